The zero-order valence-electron chi connectivity index (χ0n) is 17.5. The summed E-state index contributed by atoms with van der Waals surface area (Å²) in [5.74, 6) is -0.184. The summed E-state index contributed by atoms with van der Waals surface area (Å²) < 4.78 is 7.27. The Kier molecular flexibility index (Phi) is 6.67. The summed E-state index contributed by atoms with van der Waals surface area (Å²) in [6.45, 7) is 0.699. The smallest absolute Gasteiger partial charge is 0.305 e. The average molecular weight is 427 g/mol. The van der Waals surface area contributed by atoms with E-state index in [2.05, 4.69) is 44.2 Å². The van der Waals surface area contributed by atoms with Gasteiger partial charge in [-0.1, -0.05) is 25.3 Å². The summed E-state index contributed by atoms with van der Waals surface area (Å²) in [6.07, 6.45) is 11.5. The van der Waals surface area contributed by atoms with Crippen molar-refractivity contribution in [2.75, 3.05) is 13.7 Å². The molecule has 0 spiro atoms. The van der Waals surface area contributed by atoms with Gasteiger partial charge in [0.15, 0.2) is 5.11 Å². The Hall–Kier alpha value is -2.41. The second-order valence-corrected chi connectivity index (χ2v) is 8.52. The molecule has 2 atom stereocenters. The normalized spacial score (nSPS) is 22.2. The zero-order valence-corrected chi connectivity index (χ0v) is 18.3. The quantitative estimate of drug-likeness (QED) is 0.526. The van der Waals surface area contributed by atoms with Crippen LogP contribution in [-0.4, -0.2) is 39.2 Å². The first-order chi connectivity index (χ1) is 14.7. The molecule has 6 nitrogen and oxygen atoms in total. The van der Waals surface area contributed by atoms with Crippen LogP contribution >= 0.6 is 12.2 Å². The van der Waals surface area contributed by atoms with Gasteiger partial charge in [0.1, 0.15) is 0 Å². The monoisotopic (exact) mass is 426 g/mol. The first-order valence-electron chi connectivity index (χ1n) is 10.9. The van der Waals surface area contributed by atoms with Crippen molar-refractivity contribution >= 4 is 23.3 Å². The summed E-state index contributed by atoms with van der Waals surface area (Å²) in [5.41, 5.74) is 2.25. The van der Waals surface area contributed by atoms with Crippen LogP contribution in [0, 0.1) is 0 Å². The summed E-state index contributed by atoms with van der Waals surface area (Å²) in [5, 5.41) is 4.23. The number of ether oxygens (including phenoxy) is 1. The molecule has 1 saturated carbocycles. The minimum Gasteiger partial charge on any atom is -0.469 e. The lowest BCUT2D eigenvalue weighted by atomic mass is 9.94. The fourth-order valence-electron chi connectivity index (χ4n) is 4.81. The van der Waals surface area contributed by atoms with Crippen molar-refractivity contribution in [2.24, 2.45) is 0 Å². The zero-order chi connectivity index (χ0) is 20.9. The van der Waals surface area contributed by atoms with E-state index in [1.807, 2.05) is 18.3 Å². The Bertz CT molecular complexity index is 863. The fourth-order valence-corrected chi connectivity index (χ4v) is 5.14. The number of nitrogens with zero attached hydrogens (tertiary/aromatic N) is 3. The number of esters is 1. The minimum atomic E-state index is -0.184. The topological polar surface area (TPSA) is 59.4 Å². The van der Waals surface area contributed by atoms with E-state index in [0.29, 0.717) is 25.4 Å². The van der Waals surface area contributed by atoms with Gasteiger partial charge in [-0.15, -0.1) is 0 Å². The van der Waals surface area contributed by atoms with Crippen LogP contribution in [0.1, 0.15) is 74.5 Å². The number of thiocarbonyl (C=S) groups is 1. The van der Waals surface area contributed by atoms with E-state index in [-0.39, 0.29) is 18.1 Å². The van der Waals surface area contributed by atoms with Crippen molar-refractivity contribution in [1.29, 1.82) is 0 Å². The Morgan fingerprint density at radius 1 is 1.23 bits per heavy atom. The summed E-state index contributed by atoms with van der Waals surface area (Å²) >= 11 is 5.74. The fraction of sp³-hybridized carbons (Fsp3) is 0.522. The van der Waals surface area contributed by atoms with Gasteiger partial charge in [0.05, 0.1) is 24.9 Å². The van der Waals surface area contributed by atoms with Crippen LogP contribution < -0.4 is 5.32 Å². The molecule has 7 heteroatoms. The van der Waals surface area contributed by atoms with Gasteiger partial charge < -0.3 is 19.5 Å². The second-order valence-electron chi connectivity index (χ2n) is 8.13. The van der Waals surface area contributed by atoms with Crippen molar-refractivity contribution in [1.82, 2.24) is 19.8 Å². The molecule has 4 rings (SSSR count). The van der Waals surface area contributed by atoms with Crippen LogP contribution in [0.5, 0.6) is 0 Å². The number of rotatable bonds is 7. The Morgan fingerprint density at radius 3 is 2.80 bits per heavy atom. The first-order valence-corrected chi connectivity index (χ1v) is 11.3. The minimum absolute atomic E-state index is 0.0194. The number of nitrogens with one attached hydrogen (secondary N) is 1. The molecular weight excluding hydrogens is 396 g/mol. The number of hydrogen-bond acceptors (Lipinski definition) is 4. The summed E-state index contributed by atoms with van der Waals surface area (Å²) in [4.78, 5) is 18.5. The number of carbonyl (C=O) groups is 1. The highest BCUT2D eigenvalue weighted by atomic mass is 32.1. The number of carbonyl (C=O) groups excluding carboxylic acids is 1. The molecule has 1 aliphatic carbocycles. The molecule has 1 aliphatic heterocycles. The molecule has 30 heavy (non-hydrogen) atoms. The highest BCUT2D eigenvalue weighted by molar-refractivity contribution is 7.80. The van der Waals surface area contributed by atoms with Crippen LogP contribution in [0.2, 0.25) is 0 Å². The average Bonchev–Trinajstić information content (AvgIpc) is 3.39. The van der Waals surface area contributed by atoms with E-state index in [1.165, 1.54) is 44.9 Å². The van der Waals surface area contributed by atoms with Crippen LogP contribution in [0.4, 0.5) is 0 Å². The Labute approximate surface area is 183 Å². The van der Waals surface area contributed by atoms with Crippen molar-refractivity contribution in [3.05, 3.63) is 54.1 Å². The molecule has 0 aromatic carbocycles. The Balaban J connectivity index is 1.64. The van der Waals surface area contributed by atoms with Gasteiger partial charge in [-0.05, 0) is 55.7 Å². The highest BCUT2D eigenvalue weighted by Gasteiger charge is 2.41. The maximum absolute atomic E-state index is 11.6. The van der Waals surface area contributed by atoms with Crippen LogP contribution in [0.15, 0.2) is 42.7 Å². The van der Waals surface area contributed by atoms with E-state index >= 15 is 0 Å². The van der Waals surface area contributed by atoms with Crippen molar-refractivity contribution in [2.45, 2.75) is 63.1 Å². The van der Waals surface area contributed by atoms with Gasteiger partial charge in [-0.2, -0.15) is 0 Å². The molecule has 2 unspecified atom stereocenters. The standard InChI is InChI=1S/C23H30N4O2S/c1-29-20(28)13-8-16-27-22(21(25-23(27)30)18-11-5-6-14-24-18)19-12-7-15-26(19)17-9-3-2-4-10-17/h5-7,11-12,14-15,17,21-22H,2-4,8-10,13,16H2,1H3,(H,25,30). The van der Waals surface area contributed by atoms with Gasteiger partial charge >= 0.3 is 5.97 Å². The Morgan fingerprint density at radius 2 is 2.07 bits per heavy atom. The number of hydrogen-bond donors (Lipinski definition) is 1. The third kappa shape index (κ3) is 4.36. The molecule has 160 valence electrons. The van der Waals surface area contributed by atoms with E-state index in [1.54, 1.807) is 0 Å². The van der Waals surface area contributed by atoms with E-state index in [4.69, 9.17) is 17.0 Å². The van der Waals surface area contributed by atoms with Crippen molar-refractivity contribution < 1.29 is 9.53 Å². The van der Waals surface area contributed by atoms with Gasteiger partial charge in [0.25, 0.3) is 0 Å². The van der Waals surface area contributed by atoms with Crippen molar-refractivity contribution in [3.63, 3.8) is 0 Å². The molecule has 0 bridgehead atoms. The summed E-state index contributed by atoms with van der Waals surface area (Å²) in [6, 6.07) is 10.9. The molecule has 2 fully saturated rings. The molecule has 1 saturated heterocycles. The van der Waals surface area contributed by atoms with E-state index in [9.17, 15) is 4.79 Å². The SMILES string of the molecule is COC(=O)CCCN1C(=S)NC(c2ccccn2)C1c1cccn1C1CCCCC1. The van der Waals surface area contributed by atoms with Gasteiger partial charge in [0, 0.05) is 37.1 Å². The van der Waals surface area contributed by atoms with E-state index < -0.39 is 0 Å². The number of methoxy groups -OCH3 is 1. The molecule has 2 aromatic rings. The maximum atomic E-state index is 11.6. The predicted molar refractivity (Wildman–Crippen MR) is 120 cm³/mol. The molecule has 2 aliphatic rings. The molecule has 0 radical (unpaired) electrons. The summed E-state index contributed by atoms with van der Waals surface area (Å²) in [7, 11) is 1.43. The lowest BCUT2D eigenvalue weighted by Gasteiger charge is -2.32. The molecule has 1 N–H and O–H groups in total. The van der Waals surface area contributed by atoms with Crippen LogP contribution in [0.25, 0.3) is 0 Å². The maximum Gasteiger partial charge on any atom is 0.305 e. The van der Waals surface area contributed by atoms with Crippen molar-refractivity contribution in [3.8, 4) is 0 Å². The molecule has 3 heterocycles. The van der Waals surface area contributed by atoms with Gasteiger partial charge in [0.2, 0.25) is 0 Å². The lowest BCUT2D eigenvalue weighted by Crippen LogP contribution is -2.32. The predicted octanol–water partition coefficient (Wildman–Crippen LogP) is 4.31. The number of aromatic nitrogens is 2. The lowest BCUT2D eigenvalue weighted by molar-refractivity contribution is -0.140. The highest BCUT2D eigenvalue weighted by Crippen LogP contribution is 2.41. The number of pyridine rings is 1. The third-order valence-corrected chi connectivity index (χ3v) is 6.64. The molecular formula is C23H30N4O2S. The largest absolute Gasteiger partial charge is 0.469 e. The third-order valence-electron chi connectivity index (χ3n) is 6.29. The van der Waals surface area contributed by atoms with Gasteiger partial charge in [-0.3, -0.25) is 9.78 Å². The van der Waals surface area contributed by atoms with Crippen LogP contribution in [0.3, 0.4) is 0 Å². The van der Waals surface area contributed by atoms with E-state index in [0.717, 1.165) is 10.8 Å². The van der Waals surface area contributed by atoms with Gasteiger partial charge in [-0.25, -0.2) is 0 Å². The molecule has 0 amide bonds. The second kappa shape index (κ2) is 9.60. The first kappa shape index (κ1) is 20.8. The van der Waals surface area contributed by atoms with Crippen LogP contribution in [-0.2, 0) is 9.53 Å². The molecule has 2 aromatic heterocycles.